The highest BCUT2D eigenvalue weighted by atomic mass is 16.6. The van der Waals surface area contributed by atoms with Crippen molar-refractivity contribution in [2.24, 2.45) is 46.3 Å². The van der Waals surface area contributed by atoms with Crippen LogP contribution in [0.2, 0.25) is 0 Å². The molecule has 0 aromatic heterocycles. The minimum absolute atomic E-state index is 0.0382. The van der Waals surface area contributed by atoms with Gasteiger partial charge in [0, 0.05) is 6.42 Å². The van der Waals surface area contributed by atoms with Gasteiger partial charge in [-0.3, -0.25) is 0 Å². The van der Waals surface area contributed by atoms with Crippen molar-refractivity contribution in [1.29, 1.82) is 0 Å². The Balaban J connectivity index is 1.26. The molecule has 0 aromatic carbocycles. The number of hydrogen-bond donors (Lipinski definition) is 5. The van der Waals surface area contributed by atoms with Gasteiger partial charge in [0.25, 0.3) is 0 Å². The first-order valence-electron chi connectivity index (χ1n) is 16.8. The van der Waals surface area contributed by atoms with Gasteiger partial charge < -0.3 is 35.2 Å². The second kappa shape index (κ2) is 14.2. The summed E-state index contributed by atoms with van der Waals surface area (Å²) in [5, 5.41) is 39.2. The van der Waals surface area contributed by atoms with Gasteiger partial charge in [-0.2, -0.15) is 0 Å². The van der Waals surface area contributed by atoms with Gasteiger partial charge in [0.1, 0.15) is 18.8 Å². The predicted octanol–water partition coefficient (Wildman–Crippen LogP) is 4.70. The number of carbonyl (C=O) groups is 2. The number of amides is 1. The van der Waals surface area contributed by atoms with Gasteiger partial charge in [-0.05, 0) is 91.3 Å². The molecule has 4 aliphatic rings. The van der Waals surface area contributed by atoms with Crippen molar-refractivity contribution in [3.63, 3.8) is 0 Å². The molecule has 0 heterocycles. The van der Waals surface area contributed by atoms with Crippen molar-refractivity contribution in [2.75, 3.05) is 13.2 Å². The summed E-state index contributed by atoms with van der Waals surface area (Å²) in [6.07, 6.45) is 8.46. The molecule has 0 radical (unpaired) electrons. The number of rotatable bonds is 12. The molecule has 0 aliphatic heterocycles. The molecular weight excluding hydrogens is 550 g/mol. The molecule has 1 amide bonds. The van der Waals surface area contributed by atoms with Gasteiger partial charge in [-0.1, -0.05) is 65.5 Å². The van der Waals surface area contributed by atoms with E-state index in [2.05, 4.69) is 46.0 Å². The minimum Gasteiger partial charge on any atom is -0.462 e. The van der Waals surface area contributed by atoms with Crippen LogP contribution in [0.3, 0.4) is 0 Å². The Labute approximate surface area is 257 Å². The number of alkyl carbamates (subject to hydrolysis) is 1. The zero-order valence-corrected chi connectivity index (χ0v) is 27.0. The second-order valence-electron chi connectivity index (χ2n) is 15.0. The zero-order chi connectivity index (χ0) is 31.5. The molecule has 0 spiro atoms. The second-order valence-corrected chi connectivity index (χ2v) is 15.0. The van der Waals surface area contributed by atoms with Crippen LogP contribution in [-0.2, 0) is 14.3 Å². The quantitative estimate of drug-likeness (QED) is 0.0929. The molecule has 3 fully saturated rings. The first kappa shape index (κ1) is 34.2. The summed E-state index contributed by atoms with van der Waals surface area (Å²) in [5.74, 6) is 3.50. The Bertz CT molecular complexity index is 999. The van der Waals surface area contributed by atoms with Crippen molar-refractivity contribution >= 4 is 12.1 Å². The van der Waals surface area contributed by atoms with E-state index in [1.165, 1.54) is 50.5 Å². The third-order valence-electron chi connectivity index (χ3n) is 12.0. The van der Waals surface area contributed by atoms with Gasteiger partial charge in [0.2, 0.25) is 0 Å². The highest BCUT2D eigenvalue weighted by Gasteiger charge is 2.59. The topological polar surface area (TPSA) is 146 Å². The molecule has 4 unspecified atom stereocenters. The normalized spacial score (nSPS) is 35.7. The van der Waals surface area contributed by atoms with Crippen LogP contribution in [0.1, 0.15) is 105 Å². The summed E-state index contributed by atoms with van der Waals surface area (Å²) >= 11 is 0. The third kappa shape index (κ3) is 7.42. The minimum atomic E-state index is -2.27. The van der Waals surface area contributed by atoms with E-state index >= 15 is 0 Å². The maximum absolute atomic E-state index is 12.5. The van der Waals surface area contributed by atoms with Crippen LogP contribution < -0.4 is 5.32 Å². The van der Waals surface area contributed by atoms with Gasteiger partial charge in [-0.15, -0.1) is 0 Å². The van der Waals surface area contributed by atoms with Crippen LogP contribution in [0.5, 0.6) is 0 Å². The average molecular weight is 608 g/mol. The first-order valence-corrected chi connectivity index (χ1v) is 16.8. The Kier molecular flexibility index (Phi) is 11.3. The number of fused-ring (bicyclic) bond motifs is 5. The Hall–Kier alpha value is -1.68. The molecule has 246 valence electrons. The van der Waals surface area contributed by atoms with Crippen LogP contribution in [0, 0.1) is 46.3 Å². The molecule has 9 heteroatoms. The molecule has 43 heavy (non-hydrogen) atoms. The van der Waals surface area contributed by atoms with Crippen molar-refractivity contribution in [2.45, 2.75) is 130 Å². The lowest BCUT2D eigenvalue weighted by Crippen LogP contribution is -2.51. The van der Waals surface area contributed by atoms with E-state index in [9.17, 15) is 19.8 Å². The molecule has 5 N–H and O–H groups in total. The van der Waals surface area contributed by atoms with Gasteiger partial charge in [0.15, 0.2) is 12.4 Å². The Morgan fingerprint density at radius 3 is 2.44 bits per heavy atom. The highest BCUT2D eigenvalue weighted by Crippen LogP contribution is 2.67. The lowest BCUT2D eigenvalue weighted by atomic mass is 9.47. The predicted molar refractivity (Wildman–Crippen MR) is 163 cm³/mol. The summed E-state index contributed by atoms with van der Waals surface area (Å²) < 4.78 is 10.5. The number of allylic oxidation sites excluding steroid dienone is 1. The van der Waals surface area contributed by atoms with Crippen molar-refractivity contribution in [1.82, 2.24) is 5.32 Å². The Morgan fingerprint density at radius 1 is 1.00 bits per heavy atom. The SMILES string of the molecule is CC(C)CCC[C@H](C)[C@H]1CCC2C3CC=C4C[C@@H](OC(=O)NCCOC(=O)C(O)[C@H](O)C(O)O)CC[C@]4(C)C3CC[C@@]21C. The van der Waals surface area contributed by atoms with E-state index in [1.54, 1.807) is 0 Å². The van der Waals surface area contributed by atoms with E-state index in [0.717, 1.165) is 55.3 Å². The van der Waals surface area contributed by atoms with E-state index < -0.39 is 30.6 Å². The third-order valence-corrected chi connectivity index (χ3v) is 12.0. The lowest BCUT2D eigenvalue weighted by Gasteiger charge is -2.58. The van der Waals surface area contributed by atoms with Gasteiger partial charge in [-0.25, -0.2) is 9.59 Å². The summed E-state index contributed by atoms with van der Waals surface area (Å²) in [6.45, 7) is 12.0. The van der Waals surface area contributed by atoms with E-state index in [4.69, 9.17) is 19.7 Å². The lowest BCUT2D eigenvalue weighted by molar-refractivity contribution is -0.184. The zero-order valence-electron chi connectivity index (χ0n) is 27.0. The first-order chi connectivity index (χ1) is 20.3. The van der Waals surface area contributed by atoms with Crippen LogP contribution in [0.4, 0.5) is 4.79 Å². The van der Waals surface area contributed by atoms with Crippen LogP contribution >= 0.6 is 0 Å². The largest absolute Gasteiger partial charge is 0.462 e. The summed E-state index contributed by atoms with van der Waals surface area (Å²) in [7, 11) is 0. The summed E-state index contributed by atoms with van der Waals surface area (Å²) in [4.78, 5) is 24.1. The molecule has 0 saturated heterocycles. The average Bonchev–Trinajstić information content (AvgIpc) is 3.31. The molecule has 9 nitrogen and oxygen atoms in total. The molecule has 0 bridgehead atoms. The van der Waals surface area contributed by atoms with Crippen LogP contribution in [0.25, 0.3) is 0 Å². The van der Waals surface area contributed by atoms with Crippen molar-refractivity contribution in [3.05, 3.63) is 11.6 Å². The van der Waals surface area contributed by atoms with E-state index in [-0.39, 0.29) is 24.7 Å². The maximum atomic E-state index is 12.5. The number of aliphatic hydroxyl groups is 4. The number of nitrogens with one attached hydrogen (secondary N) is 1. The summed E-state index contributed by atoms with van der Waals surface area (Å²) in [5.41, 5.74) is 2.08. The van der Waals surface area contributed by atoms with Crippen molar-refractivity contribution < 1.29 is 39.5 Å². The van der Waals surface area contributed by atoms with Crippen LogP contribution in [-0.4, -0.2) is 70.2 Å². The standard InChI is InChI=1S/C34H57NO8/c1-20(2)7-6-8-21(3)25-11-12-26-24-10-9-22-19-23(13-15-33(22,4)27(24)14-16-34(25,26)5)43-32(41)35-17-18-42-31(40)29(37)28(36)30(38)39/h9,20-21,23-30,36-39H,6-8,10-19H2,1-5H3,(H,35,41)/t21-,23-,24?,25+,26?,27?,28-,29?,33-,34+/m0/s1. The molecule has 10 atom stereocenters. The number of ether oxygens (including phenoxy) is 2. The van der Waals surface area contributed by atoms with E-state index in [1.807, 2.05) is 0 Å². The number of carbonyl (C=O) groups excluding carboxylic acids is 2. The fourth-order valence-corrected chi connectivity index (χ4v) is 9.64. The molecule has 4 aliphatic carbocycles. The monoisotopic (exact) mass is 607 g/mol. The summed E-state index contributed by atoms with van der Waals surface area (Å²) in [6, 6.07) is 0. The molecular formula is C34H57NO8. The van der Waals surface area contributed by atoms with Gasteiger partial charge in [0.05, 0.1) is 6.54 Å². The van der Waals surface area contributed by atoms with E-state index in [0.29, 0.717) is 11.3 Å². The number of esters is 1. The Morgan fingerprint density at radius 2 is 1.74 bits per heavy atom. The maximum Gasteiger partial charge on any atom is 0.407 e. The smallest absolute Gasteiger partial charge is 0.407 e. The van der Waals surface area contributed by atoms with Crippen LogP contribution in [0.15, 0.2) is 11.6 Å². The number of aliphatic hydroxyl groups excluding tert-OH is 3. The molecule has 3 saturated carbocycles. The highest BCUT2D eigenvalue weighted by molar-refractivity contribution is 5.75. The molecule has 0 aromatic rings. The fourth-order valence-electron chi connectivity index (χ4n) is 9.64. The van der Waals surface area contributed by atoms with Crippen molar-refractivity contribution in [3.8, 4) is 0 Å². The van der Waals surface area contributed by atoms with Gasteiger partial charge >= 0.3 is 12.1 Å². The fraction of sp³-hybridized carbons (Fsp3) is 0.882. The molecule has 4 rings (SSSR count). The number of hydrogen-bond acceptors (Lipinski definition) is 8.